The summed E-state index contributed by atoms with van der Waals surface area (Å²) in [5, 5.41) is 2.71. The number of benzene rings is 1. The Morgan fingerprint density at radius 1 is 1.15 bits per heavy atom. The highest BCUT2D eigenvalue weighted by atomic mass is 19.4. The SMILES string of the molecule is O=C(NCN1CCC(c2ccccn2)CC1)c1cccc(C(F)(F)F)c1. The highest BCUT2D eigenvalue weighted by Crippen LogP contribution is 2.29. The van der Waals surface area contributed by atoms with Crippen LogP contribution in [0.15, 0.2) is 48.7 Å². The van der Waals surface area contributed by atoms with Crippen LogP contribution in [0.3, 0.4) is 0 Å². The van der Waals surface area contributed by atoms with Crippen molar-refractivity contribution in [3.05, 3.63) is 65.5 Å². The van der Waals surface area contributed by atoms with E-state index in [9.17, 15) is 18.0 Å². The van der Waals surface area contributed by atoms with Crippen LogP contribution < -0.4 is 5.32 Å². The van der Waals surface area contributed by atoms with Crippen LogP contribution in [0, 0.1) is 0 Å². The molecule has 1 saturated heterocycles. The first-order valence-corrected chi connectivity index (χ1v) is 8.52. The second-order valence-corrected chi connectivity index (χ2v) is 6.39. The molecular weight excluding hydrogens is 343 g/mol. The summed E-state index contributed by atoms with van der Waals surface area (Å²) < 4.78 is 38.2. The third kappa shape index (κ3) is 4.60. The van der Waals surface area contributed by atoms with Gasteiger partial charge in [0.25, 0.3) is 5.91 Å². The molecule has 1 fully saturated rings. The van der Waals surface area contributed by atoms with Crippen LogP contribution in [-0.4, -0.2) is 35.5 Å². The van der Waals surface area contributed by atoms with Crippen molar-refractivity contribution in [2.24, 2.45) is 0 Å². The van der Waals surface area contributed by atoms with Gasteiger partial charge in [0.05, 0.1) is 12.2 Å². The van der Waals surface area contributed by atoms with Gasteiger partial charge in [-0.2, -0.15) is 13.2 Å². The normalized spacial score (nSPS) is 16.4. The molecule has 2 aromatic rings. The lowest BCUT2D eigenvalue weighted by Crippen LogP contribution is -2.41. The van der Waals surface area contributed by atoms with Crippen molar-refractivity contribution in [1.29, 1.82) is 0 Å². The molecule has 0 radical (unpaired) electrons. The maximum atomic E-state index is 12.7. The van der Waals surface area contributed by atoms with E-state index in [-0.39, 0.29) is 5.56 Å². The maximum absolute atomic E-state index is 12.7. The third-order valence-electron chi connectivity index (χ3n) is 4.61. The number of piperidine rings is 1. The van der Waals surface area contributed by atoms with Gasteiger partial charge in [-0.3, -0.25) is 14.7 Å². The first kappa shape index (κ1) is 18.4. The van der Waals surface area contributed by atoms with Gasteiger partial charge in [0.2, 0.25) is 0 Å². The summed E-state index contributed by atoms with van der Waals surface area (Å²) in [7, 11) is 0. The average Bonchev–Trinajstić information content (AvgIpc) is 2.66. The molecule has 7 heteroatoms. The number of alkyl halides is 3. The summed E-state index contributed by atoms with van der Waals surface area (Å²) >= 11 is 0. The first-order chi connectivity index (χ1) is 12.4. The molecule has 0 saturated carbocycles. The van der Waals surface area contributed by atoms with Crippen LogP contribution in [0.2, 0.25) is 0 Å². The summed E-state index contributed by atoms with van der Waals surface area (Å²) in [6, 6.07) is 10.4. The van der Waals surface area contributed by atoms with E-state index in [1.165, 1.54) is 12.1 Å². The van der Waals surface area contributed by atoms with Crippen molar-refractivity contribution in [1.82, 2.24) is 15.2 Å². The number of aromatic nitrogens is 1. The van der Waals surface area contributed by atoms with Gasteiger partial charge in [0.15, 0.2) is 0 Å². The Morgan fingerprint density at radius 3 is 2.58 bits per heavy atom. The van der Waals surface area contributed by atoms with E-state index < -0.39 is 17.6 Å². The molecule has 0 unspecified atom stereocenters. The van der Waals surface area contributed by atoms with Crippen molar-refractivity contribution in [3.8, 4) is 0 Å². The van der Waals surface area contributed by atoms with Gasteiger partial charge in [-0.1, -0.05) is 12.1 Å². The van der Waals surface area contributed by atoms with Crippen molar-refractivity contribution in [2.45, 2.75) is 24.9 Å². The third-order valence-corrected chi connectivity index (χ3v) is 4.61. The van der Waals surface area contributed by atoms with Gasteiger partial charge in [0, 0.05) is 36.5 Å². The molecule has 1 aromatic heterocycles. The summed E-state index contributed by atoms with van der Waals surface area (Å²) in [5.74, 6) is -0.0884. The van der Waals surface area contributed by atoms with E-state index >= 15 is 0 Å². The number of hydrogen-bond acceptors (Lipinski definition) is 3. The van der Waals surface area contributed by atoms with Crippen LogP contribution in [0.4, 0.5) is 13.2 Å². The zero-order chi connectivity index (χ0) is 18.6. The Bertz CT molecular complexity index is 741. The fraction of sp³-hybridized carbons (Fsp3) is 0.368. The lowest BCUT2D eigenvalue weighted by atomic mass is 9.93. The zero-order valence-corrected chi connectivity index (χ0v) is 14.2. The maximum Gasteiger partial charge on any atom is 0.416 e. The van der Waals surface area contributed by atoms with E-state index in [4.69, 9.17) is 0 Å². The number of pyridine rings is 1. The Morgan fingerprint density at radius 2 is 1.92 bits per heavy atom. The van der Waals surface area contributed by atoms with Crippen LogP contribution >= 0.6 is 0 Å². The fourth-order valence-electron chi connectivity index (χ4n) is 3.13. The predicted octanol–water partition coefficient (Wildman–Crippen LogP) is 3.67. The summed E-state index contributed by atoms with van der Waals surface area (Å²) in [5.41, 5.74) is 0.282. The second kappa shape index (κ2) is 7.86. The van der Waals surface area contributed by atoms with Crippen molar-refractivity contribution < 1.29 is 18.0 Å². The summed E-state index contributed by atoms with van der Waals surface area (Å²) in [6.07, 6.45) is -0.784. The van der Waals surface area contributed by atoms with Crippen LogP contribution in [0.25, 0.3) is 0 Å². The first-order valence-electron chi connectivity index (χ1n) is 8.52. The van der Waals surface area contributed by atoms with E-state index in [0.29, 0.717) is 12.6 Å². The van der Waals surface area contributed by atoms with Gasteiger partial charge in [0.1, 0.15) is 0 Å². The Balaban J connectivity index is 1.50. The highest BCUT2D eigenvalue weighted by molar-refractivity contribution is 5.94. The van der Waals surface area contributed by atoms with E-state index in [2.05, 4.69) is 15.2 Å². The largest absolute Gasteiger partial charge is 0.416 e. The van der Waals surface area contributed by atoms with Crippen molar-refractivity contribution >= 4 is 5.91 Å². The van der Waals surface area contributed by atoms with Crippen LogP contribution in [0.1, 0.15) is 40.4 Å². The lowest BCUT2D eigenvalue weighted by Gasteiger charge is -2.31. The average molecular weight is 363 g/mol. The molecule has 3 rings (SSSR count). The van der Waals surface area contributed by atoms with Crippen LogP contribution in [-0.2, 0) is 6.18 Å². The molecule has 138 valence electrons. The predicted molar refractivity (Wildman–Crippen MR) is 91.6 cm³/mol. The standard InChI is InChI=1S/C19H20F3N3O/c20-19(21,22)16-5-3-4-15(12-16)18(26)24-13-25-10-7-14(8-11-25)17-6-1-2-9-23-17/h1-6,9,12,14H,7-8,10-11,13H2,(H,24,26). The number of carbonyl (C=O) groups is 1. The van der Waals surface area contributed by atoms with E-state index in [1.54, 1.807) is 6.20 Å². The fourth-order valence-corrected chi connectivity index (χ4v) is 3.13. The van der Waals surface area contributed by atoms with Crippen molar-refractivity contribution in [3.63, 3.8) is 0 Å². The number of rotatable bonds is 4. The number of likely N-dealkylation sites (tertiary alicyclic amines) is 1. The smallest absolute Gasteiger partial charge is 0.339 e. The molecule has 0 atom stereocenters. The summed E-state index contributed by atoms with van der Waals surface area (Å²) in [6.45, 7) is 1.94. The van der Waals surface area contributed by atoms with Gasteiger partial charge >= 0.3 is 6.18 Å². The highest BCUT2D eigenvalue weighted by Gasteiger charge is 2.31. The monoisotopic (exact) mass is 363 g/mol. The molecule has 1 N–H and O–H groups in total. The molecule has 0 spiro atoms. The van der Waals surface area contributed by atoms with E-state index in [0.717, 1.165) is 43.8 Å². The molecule has 1 aliphatic rings. The Hall–Kier alpha value is -2.41. The van der Waals surface area contributed by atoms with E-state index in [1.807, 2.05) is 18.2 Å². The molecule has 4 nitrogen and oxygen atoms in total. The molecule has 2 heterocycles. The molecular formula is C19H20F3N3O. The Kier molecular flexibility index (Phi) is 5.56. The topological polar surface area (TPSA) is 45.2 Å². The quantitative estimate of drug-likeness (QED) is 0.902. The minimum atomic E-state index is -4.45. The zero-order valence-electron chi connectivity index (χ0n) is 14.2. The van der Waals surface area contributed by atoms with Gasteiger partial charge < -0.3 is 5.32 Å². The molecule has 1 amide bonds. The van der Waals surface area contributed by atoms with Gasteiger partial charge in [-0.05, 0) is 43.2 Å². The minimum absolute atomic E-state index is 0.0168. The molecule has 1 aromatic carbocycles. The number of amides is 1. The number of carbonyl (C=O) groups excluding carboxylic acids is 1. The second-order valence-electron chi connectivity index (χ2n) is 6.39. The van der Waals surface area contributed by atoms with Gasteiger partial charge in [-0.25, -0.2) is 0 Å². The number of hydrogen-bond donors (Lipinski definition) is 1. The molecule has 0 bridgehead atoms. The number of halogens is 3. The molecule has 1 aliphatic heterocycles. The minimum Gasteiger partial charge on any atom is -0.339 e. The van der Waals surface area contributed by atoms with Crippen molar-refractivity contribution in [2.75, 3.05) is 19.8 Å². The molecule has 26 heavy (non-hydrogen) atoms. The Labute approximate surface area is 150 Å². The summed E-state index contributed by atoms with van der Waals surface area (Å²) in [4.78, 5) is 18.6. The molecule has 0 aliphatic carbocycles. The van der Waals surface area contributed by atoms with Crippen LogP contribution in [0.5, 0.6) is 0 Å². The number of nitrogens with one attached hydrogen (secondary N) is 1. The lowest BCUT2D eigenvalue weighted by molar-refractivity contribution is -0.137. The number of nitrogens with zero attached hydrogens (tertiary/aromatic N) is 2. The van der Waals surface area contributed by atoms with Gasteiger partial charge in [-0.15, -0.1) is 0 Å².